The van der Waals surface area contributed by atoms with E-state index in [-0.39, 0.29) is 0 Å². The topological polar surface area (TPSA) is 49.8 Å². The average molecular weight is 440 g/mol. The number of nitriles is 1. The second-order valence-electron chi connectivity index (χ2n) is 4.26. The van der Waals surface area contributed by atoms with Crippen molar-refractivity contribution in [2.24, 2.45) is 0 Å². The van der Waals surface area contributed by atoms with Gasteiger partial charge < -0.3 is 5.73 Å². The van der Waals surface area contributed by atoms with Crippen LogP contribution in [0.4, 0.5) is 5.69 Å². The molecule has 0 fully saturated rings. The monoisotopic (exact) mass is 438 g/mol. The first-order chi connectivity index (χ1) is 10.1. The molecular formula is C15H8Br2N2S2. The third kappa shape index (κ3) is 2.67. The van der Waals surface area contributed by atoms with E-state index in [0.717, 1.165) is 29.1 Å². The number of nitrogens with zero attached hydrogens (tertiary/aromatic N) is 1. The minimum absolute atomic E-state index is 0.554. The molecule has 0 spiro atoms. The SMILES string of the molecule is N#Cc1sc(-c2cc(Br)sc2Br)c(-c2ccccc2)c1N. The molecule has 0 amide bonds. The Labute approximate surface area is 147 Å². The van der Waals surface area contributed by atoms with Gasteiger partial charge in [-0.3, -0.25) is 0 Å². The second-order valence-corrected chi connectivity index (χ2v) is 9.03. The number of anilines is 1. The van der Waals surface area contributed by atoms with Crippen molar-refractivity contribution in [3.8, 4) is 27.6 Å². The van der Waals surface area contributed by atoms with E-state index in [2.05, 4.69) is 37.9 Å². The van der Waals surface area contributed by atoms with E-state index in [9.17, 15) is 5.26 Å². The molecule has 0 radical (unpaired) electrons. The fraction of sp³-hybridized carbons (Fsp3) is 0. The van der Waals surface area contributed by atoms with E-state index in [1.807, 2.05) is 36.4 Å². The second kappa shape index (κ2) is 5.93. The van der Waals surface area contributed by atoms with Gasteiger partial charge in [-0.2, -0.15) is 5.26 Å². The van der Waals surface area contributed by atoms with Crippen LogP contribution in [0.5, 0.6) is 0 Å². The first kappa shape index (κ1) is 14.8. The lowest BCUT2D eigenvalue weighted by molar-refractivity contribution is 1.52. The van der Waals surface area contributed by atoms with Crippen molar-refractivity contribution in [2.75, 3.05) is 5.73 Å². The molecule has 3 aromatic rings. The Bertz CT molecular complexity index is 845. The number of benzene rings is 1. The van der Waals surface area contributed by atoms with E-state index < -0.39 is 0 Å². The van der Waals surface area contributed by atoms with Gasteiger partial charge in [-0.25, -0.2) is 0 Å². The van der Waals surface area contributed by atoms with Gasteiger partial charge in [0.05, 0.1) is 13.3 Å². The summed E-state index contributed by atoms with van der Waals surface area (Å²) in [6.07, 6.45) is 0. The Morgan fingerprint density at radius 1 is 1.10 bits per heavy atom. The lowest BCUT2D eigenvalue weighted by atomic mass is 10.0. The summed E-state index contributed by atoms with van der Waals surface area (Å²) in [5.74, 6) is 0. The van der Waals surface area contributed by atoms with E-state index >= 15 is 0 Å². The van der Waals surface area contributed by atoms with Crippen molar-refractivity contribution >= 4 is 60.2 Å². The number of nitrogen functional groups attached to an aromatic ring is 1. The fourth-order valence-electron chi connectivity index (χ4n) is 2.10. The first-order valence-electron chi connectivity index (χ1n) is 5.94. The molecule has 0 aliphatic heterocycles. The highest BCUT2D eigenvalue weighted by atomic mass is 79.9. The van der Waals surface area contributed by atoms with Gasteiger partial charge in [-0.1, -0.05) is 30.3 Å². The molecule has 0 saturated heterocycles. The molecule has 3 rings (SSSR count). The number of rotatable bonds is 2. The molecule has 104 valence electrons. The standard InChI is InChI=1S/C15H8Br2N2S2/c16-11-6-9(15(17)21-11)14-12(8-4-2-1-3-5-8)13(19)10(7-18)20-14/h1-6H,19H2. The van der Waals surface area contributed by atoms with Gasteiger partial charge in [0.25, 0.3) is 0 Å². The molecule has 0 aliphatic rings. The first-order valence-corrected chi connectivity index (χ1v) is 9.16. The van der Waals surface area contributed by atoms with Crippen LogP contribution in [0.3, 0.4) is 0 Å². The quantitative estimate of drug-likeness (QED) is 0.522. The Kier molecular flexibility index (Phi) is 4.18. The molecule has 0 unspecified atom stereocenters. The van der Waals surface area contributed by atoms with E-state index in [4.69, 9.17) is 5.73 Å². The molecule has 1 aromatic carbocycles. The third-order valence-corrected chi connectivity index (χ3v) is 6.49. The van der Waals surface area contributed by atoms with E-state index in [1.165, 1.54) is 11.3 Å². The van der Waals surface area contributed by atoms with Crippen LogP contribution in [0.1, 0.15) is 4.88 Å². The zero-order valence-electron chi connectivity index (χ0n) is 10.6. The molecular weight excluding hydrogens is 432 g/mol. The molecule has 2 N–H and O–H groups in total. The predicted molar refractivity (Wildman–Crippen MR) is 97.6 cm³/mol. The number of halogens is 2. The van der Waals surface area contributed by atoms with E-state index in [1.54, 1.807) is 11.3 Å². The molecule has 0 saturated carbocycles. The van der Waals surface area contributed by atoms with Crippen LogP contribution >= 0.6 is 54.5 Å². The number of hydrogen-bond donors (Lipinski definition) is 1. The van der Waals surface area contributed by atoms with Crippen molar-refractivity contribution in [2.45, 2.75) is 0 Å². The minimum atomic E-state index is 0.554. The zero-order valence-corrected chi connectivity index (χ0v) is 15.4. The summed E-state index contributed by atoms with van der Waals surface area (Å²) < 4.78 is 2.06. The maximum atomic E-state index is 9.29. The van der Waals surface area contributed by atoms with Crippen molar-refractivity contribution in [3.05, 3.63) is 48.8 Å². The van der Waals surface area contributed by atoms with Gasteiger partial charge in [0.15, 0.2) is 0 Å². The van der Waals surface area contributed by atoms with Crippen LogP contribution in [0.2, 0.25) is 0 Å². The minimum Gasteiger partial charge on any atom is -0.396 e. The summed E-state index contributed by atoms with van der Waals surface area (Å²) >= 11 is 10.1. The molecule has 21 heavy (non-hydrogen) atoms. The zero-order chi connectivity index (χ0) is 15.0. The summed E-state index contributed by atoms with van der Waals surface area (Å²) in [5.41, 5.74) is 9.78. The van der Waals surface area contributed by atoms with Crippen molar-refractivity contribution in [3.63, 3.8) is 0 Å². The molecule has 2 aromatic heterocycles. The highest BCUT2D eigenvalue weighted by molar-refractivity contribution is 9.12. The summed E-state index contributed by atoms with van der Waals surface area (Å²) in [5, 5.41) is 9.29. The lowest BCUT2D eigenvalue weighted by Crippen LogP contribution is -1.89. The Morgan fingerprint density at radius 3 is 2.38 bits per heavy atom. The Hall–Kier alpha value is -1.13. The van der Waals surface area contributed by atoms with Gasteiger partial charge in [0, 0.05) is 16.0 Å². The molecule has 0 aliphatic carbocycles. The molecule has 2 heterocycles. The number of nitrogens with two attached hydrogens (primary N) is 1. The van der Waals surface area contributed by atoms with Crippen LogP contribution in [0, 0.1) is 11.3 Å². The lowest BCUT2D eigenvalue weighted by Gasteiger charge is -2.05. The van der Waals surface area contributed by atoms with Gasteiger partial charge >= 0.3 is 0 Å². The Morgan fingerprint density at radius 2 is 1.81 bits per heavy atom. The van der Waals surface area contributed by atoms with Crippen LogP contribution < -0.4 is 5.73 Å². The molecule has 0 atom stereocenters. The summed E-state index contributed by atoms with van der Waals surface area (Å²) in [6.45, 7) is 0. The summed E-state index contributed by atoms with van der Waals surface area (Å²) in [7, 11) is 0. The van der Waals surface area contributed by atoms with Gasteiger partial charge in [-0.05, 0) is 43.5 Å². The van der Waals surface area contributed by atoms with Crippen LogP contribution in [0.15, 0.2) is 44.0 Å². The number of thiophene rings is 2. The highest BCUT2D eigenvalue weighted by Crippen LogP contribution is 2.49. The maximum Gasteiger partial charge on any atom is 0.129 e. The van der Waals surface area contributed by atoms with Crippen LogP contribution in [0.25, 0.3) is 21.6 Å². The molecule has 6 heteroatoms. The largest absolute Gasteiger partial charge is 0.396 e. The summed E-state index contributed by atoms with van der Waals surface area (Å²) in [6, 6.07) is 14.2. The maximum absolute atomic E-state index is 9.29. The smallest absolute Gasteiger partial charge is 0.129 e. The third-order valence-electron chi connectivity index (χ3n) is 3.01. The highest BCUT2D eigenvalue weighted by Gasteiger charge is 2.21. The van der Waals surface area contributed by atoms with Gasteiger partial charge in [-0.15, -0.1) is 22.7 Å². The fourth-order valence-corrected chi connectivity index (χ4v) is 6.18. The van der Waals surface area contributed by atoms with Crippen LogP contribution in [-0.4, -0.2) is 0 Å². The number of hydrogen-bond acceptors (Lipinski definition) is 4. The average Bonchev–Trinajstić information content (AvgIpc) is 2.99. The van der Waals surface area contributed by atoms with Gasteiger partial charge in [0.1, 0.15) is 10.9 Å². The van der Waals surface area contributed by atoms with Crippen molar-refractivity contribution in [1.29, 1.82) is 5.26 Å². The van der Waals surface area contributed by atoms with Crippen molar-refractivity contribution < 1.29 is 0 Å². The molecule has 0 bridgehead atoms. The van der Waals surface area contributed by atoms with Crippen molar-refractivity contribution in [1.82, 2.24) is 0 Å². The normalized spacial score (nSPS) is 10.5. The Balaban J connectivity index is 2.31. The van der Waals surface area contributed by atoms with Crippen LogP contribution in [-0.2, 0) is 0 Å². The summed E-state index contributed by atoms with van der Waals surface area (Å²) in [4.78, 5) is 1.57. The molecule has 2 nitrogen and oxygen atoms in total. The predicted octanol–water partition coefficient (Wildman–Crippen LogP) is 6.12. The van der Waals surface area contributed by atoms with E-state index in [0.29, 0.717) is 10.6 Å². The van der Waals surface area contributed by atoms with Gasteiger partial charge in [0.2, 0.25) is 0 Å².